The standard InChI is InChI=1S/C18H25F3O4/c1-5-7-13-12-14(25-17(3,4)16(22)23-6-2)8-9-15(13)24-11-10-18(19,20)21/h8-9,12H,5-7,10-11H2,1-4H3. The molecule has 0 saturated heterocycles. The van der Waals surface area contributed by atoms with E-state index in [2.05, 4.69) is 0 Å². The second-order valence-electron chi connectivity index (χ2n) is 6.07. The lowest BCUT2D eigenvalue weighted by Gasteiger charge is -2.24. The van der Waals surface area contributed by atoms with Crippen molar-refractivity contribution in [3.8, 4) is 11.5 Å². The minimum Gasteiger partial charge on any atom is -0.493 e. The van der Waals surface area contributed by atoms with Crippen LogP contribution in [0.4, 0.5) is 13.2 Å². The molecule has 142 valence electrons. The minimum atomic E-state index is -4.25. The first-order valence-corrected chi connectivity index (χ1v) is 8.27. The van der Waals surface area contributed by atoms with Gasteiger partial charge in [-0.25, -0.2) is 4.79 Å². The third kappa shape index (κ3) is 7.23. The summed E-state index contributed by atoms with van der Waals surface area (Å²) in [6, 6.07) is 4.83. The predicted octanol–water partition coefficient (Wildman–Crippen LogP) is 4.69. The molecule has 0 unspecified atom stereocenters. The smallest absolute Gasteiger partial charge is 0.392 e. The first-order chi connectivity index (χ1) is 11.6. The Bertz CT molecular complexity index is 568. The molecule has 25 heavy (non-hydrogen) atoms. The Hall–Kier alpha value is -1.92. The number of carbonyl (C=O) groups is 1. The maximum absolute atomic E-state index is 12.3. The molecule has 0 aromatic heterocycles. The van der Waals surface area contributed by atoms with Crippen molar-refractivity contribution in [2.24, 2.45) is 0 Å². The average Bonchev–Trinajstić information content (AvgIpc) is 2.48. The van der Waals surface area contributed by atoms with Gasteiger partial charge in [-0.3, -0.25) is 0 Å². The summed E-state index contributed by atoms with van der Waals surface area (Å²) in [4.78, 5) is 11.9. The second-order valence-corrected chi connectivity index (χ2v) is 6.07. The van der Waals surface area contributed by atoms with Gasteiger partial charge in [0.25, 0.3) is 0 Å². The molecule has 1 aromatic carbocycles. The number of benzene rings is 1. The molecule has 7 heteroatoms. The van der Waals surface area contributed by atoms with E-state index in [9.17, 15) is 18.0 Å². The van der Waals surface area contributed by atoms with Crippen molar-refractivity contribution >= 4 is 5.97 Å². The van der Waals surface area contributed by atoms with Gasteiger partial charge in [-0.15, -0.1) is 0 Å². The van der Waals surface area contributed by atoms with Crippen LogP contribution in [0.1, 0.15) is 46.1 Å². The molecule has 0 saturated carbocycles. The van der Waals surface area contributed by atoms with Crippen LogP contribution in [0.5, 0.6) is 11.5 Å². The number of hydrogen-bond donors (Lipinski definition) is 0. The molecule has 4 nitrogen and oxygen atoms in total. The lowest BCUT2D eigenvalue weighted by atomic mass is 10.1. The maximum atomic E-state index is 12.3. The lowest BCUT2D eigenvalue weighted by molar-refractivity contribution is -0.158. The Kier molecular flexibility index (Phi) is 7.58. The Balaban J connectivity index is 2.87. The molecule has 0 bridgehead atoms. The van der Waals surface area contributed by atoms with Crippen molar-refractivity contribution in [2.75, 3.05) is 13.2 Å². The molecule has 0 N–H and O–H groups in total. The molecule has 0 aliphatic carbocycles. The molecule has 0 aliphatic rings. The number of aryl methyl sites for hydroxylation is 1. The highest BCUT2D eigenvalue weighted by atomic mass is 19.4. The van der Waals surface area contributed by atoms with Gasteiger partial charge < -0.3 is 14.2 Å². The van der Waals surface area contributed by atoms with Crippen molar-refractivity contribution in [2.45, 2.75) is 58.7 Å². The fourth-order valence-electron chi connectivity index (χ4n) is 2.14. The zero-order chi connectivity index (χ0) is 19.1. The first-order valence-electron chi connectivity index (χ1n) is 8.27. The number of rotatable bonds is 9. The van der Waals surface area contributed by atoms with Crippen molar-refractivity contribution in [3.63, 3.8) is 0 Å². The van der Waals surface area contributed by atoms with Crippen molar-refractivity contribution in [3.05, 3.63) is 23.8 Å². The van der Waals surface area contributed by atoms with Gasteiger partial charge in [0.15, 0.2) is 5.60 Å². The highest BCUT2D eigenvalue weighted by Gasteiger charge is 2.32. The zero-order valence-corrected chi connectivity index (χ0v) is 15.0. The van der Waals surface area contributed by atoms with E-state index in [1.165, 1.54) is 0 Å². The lowest BCUT2D eigenvalue weighted by Crippen LogP contribution is -2.39. The normalized spacial score (nSPS) is 12.0. The number of carbonyl (C=O) groups excluding carboxylic acids is 1. The molecule has 0 aliphatic heterocycles. The SMILES string of the molecule is CCCc1cc(OC(C)(C)C(=O)OCC)ccc1OCCC(F)(F)F. The number of halogens is 3. The summed E-state index contributed by atoms with van der Waals surface area (Å²) in [6.07, 6.45) is -3.84. The van der Waals surface area contributed by atoms with E-state index >= 15 is 0 Å². The summed E-state index contributed by atoms with van der Waals surface area (Å²) >= 11 is 0. The van der Waals surface area contributed by atoms with E-state index in [1.54, 1.807) is 39.0 Å². The van der Waals surface area contributed by atoms with Gasteiger partial charge in [0, 0.05) is 0 Å². The van der Waals surface area contributed by atoms with Gasteiger partial charge in [-0.05, 0) is 51.0 Å². The van der Waals surface area contributed by atoms with Gasteiger partial charge in [0.1, 0.15) is 11.5 Å². The molecular formula is C18H25F3O4. The molecule has 0 atom stereocenters. The van der Waals surface area contributed by atoms with Crippen molar-refractivity contribution in [1.29, 1.82) is 0 Å². The van der Waals surface area contributed by atoms with E-state index < -0.39 is 30.8 Å². The predicted molar refractivity (Wildman–Crippen MR) is 87.9 cm³/mol. The van der Waals surface area contributed by atoms with Crippen LogP contribution in [-0.2, 0) is 16.0 Å². The van der Waals surface area contributed by atoms with E-state index in [0.717, 1.165) is 12.0 Å². The van der Waals surface area contributed by atoms with E-state index in [1.807, 2.05) is 6.92 Å². The van der Waals surface area contributed by atoms with E-state index in [0.29, 0.717) is 17.9 Å². The summed E-state index contributed by atoms with van der Waals surface area (Å²) in [5.41, 5.74) is -0.431. The Morgan fingerprint density at radius 3 is 2.40 bits per heavy atom. The molecule has 0 fully saturated rings. The summed E-state index contributed by atoms with van der Waals surface area (Å²) in [5.74, 6) is 0.342. The maximum Gasteiger partial charge on any atom is 0.392 e. The highest BCUT2D eigenvalue weighted by Crippen LogP contribution is 2.29. The van der Waals surface area contributed by atoms with Crippen LogP contribution in [0.25, 0.3) is 0 Å². The summed E-state index contributed by atoms with van der Waals surface area (Å²) in [7, 11) is 0. The zero-order valence-electron chi connectivity index (χ0n) is 15.0. The number of ether oxygens (including phenoxy) is 3. The Labute approximate surface area is 146 Å². The molecule has 1 rings (SSSR count). The van der Waals surface area contributed by atoms with Crippen LogP contribution in [0.2, 0.25) is 0 Å². The average molecular weight is 362 g/mol. The fourth-order valence-corrected chi connectivity index (χ4v) is 2.14. The monoisotopic (exact) mass is 362 g/mol. The Morgan fingerprint density at radius 2 is 1.84 bits per heavy atom. The van der Waals surface area contributed by atoms with Crippen LogP contribution in [0.3, 0.4) is 0 Å². The summed E-state index contributed by atoms with van der Waals surface area (Å²) in [5, 5.41) is 0. The van der Waals surface area contributed by atoms with Gasteiger partial charge in [0.2, 0.25) is 0 Å². The Morgan fingerprint density at radius 1 is 1.16 bits per heavy atom. The summed E-state index contributed by atoms with van der Waals surface area (Å²) in [6.45, 7) is 6.67. The van der Waals surface area contributed by atoms with Gasteiger partial charge in [0.05, 0.1) is 19.6 Å². The van der Waals surface area contributed by atoms with Crippen LogP contribution in [0.15, 0.2) is 18.2 Å². The molecule has 0 amide bonds. The van der Waals surface area contributed by atoms with Crippen LogP contribution < -0.4 is 9.47 Å². The molecular weight excluding hydrogens is 337 g/mol. The largest absolute Gasteiger partial charge is 0.493 e. The van der Waals surface area contributed by atoms with Crippen molar-refractivity contribution in [1.82, 2.24) is 0 Å². The van der Waals surface area contributed by atoms with Gasteiger partial charge in [-0.1, -0.05) is 13.3 Å². The van der Waals surface area contributed by atoms with E-state index in [-0.39, 0.29) is 6.61 Å². The quantitative estimate of drug-likeness (QED) is 0.598. The van der Waals surface area contributed by atoms with Crippen molar-refractivity contribution < 1.29 is 32.2 Å². The van der Waals surface area contributed by atoms with Gasteiger partial charge >= 0.3 is 12.1 Å². The third-order valence-electron chi connectivity index (χ3n) is 3.33. The van der Waals surface area contributed by atoms with Gasteiger partial charge in [-0.2, -0.15) is 13.2 Å². The minimum absolute atomic E-state index is 0.249. The second kappa shape index (κ2) is 8.97. The third-order valence-corrected chi connectivity index (χ3v) is 3.33. The van der Waals surface area contributed by atoms with Crippen LogP contribution in [-0.4, -0.2) is 31.0 Å². The molecule has 0 spiro atoms. The topological polar surface area (TPSA) is 44.8 Å². The van der Waals surface area contributed by atoms with E-state index in [4.69, 9.17) is 14.2 Å². The number of esters is 1. The highest BCUT2D eigenvalue weighted by molar-refractivity contribution is 5.79. The number of alkyl halides is 3. The van der Waals surface area contributed by atoms with Crippen LogP contribution in [0, 0.1) is 0 Å². The fraction of sp³-hybridized carbons (Fsp3) is 0.611. The summed E-state index contributed by atoms with van der Waals surface area (Å²) < 4.78 is 52.7. The molecule has 1 aromatic rings. The van der Waals surface area contributed by atoms with Crippen LogP contribution >= 0.6 is 0 Å². The molecule has 0 radical (unpaired) electrons. The molecule has 0 heterocycles. The first kappa shape index (κ1) is 21.1. The number of hydrogen-bond acceptors (Lipinski definition) is 4.